The summed E-state index contributed by atoms with van der Waals surface area (Å²) in [6.07, 6.45) is 0. The first kappa shape index (κ1) is 23.4. The van der Waals surface area contributed by atoms with Gasteiger partial charge in [0.2, 0.25) is 0 Å². The minimum absolute atomic E-state index is 0.436. The monoisotopic (exact) mass is 527 g/mol. The maximum atomic E-state index is 6.29. The van der Waals surface area contributed by atoms with Crippen molar-refractivity contribution < 1.29 is 4.42 Å². The summed E-state index contributed by atoms with van der Waals surface area (Å²) in [5, 5.41) is 7.06. The Kier molecular flexibility index (Phi) is 5.32. The van der Waals surface area contributed by atoms with Crippen LogP contribution in [0.25, 0.3) is 54.5 Å². The fraction of sp³-hybridized carbons (Fsp3) is 0.0270. The van der Waals surface area contributed by atoms with Gasteiger partial charge in [0.1, 0.15) is 17.8 Å². The zero-order chi connectivity index (χ0) is 27.3. The molecule has 0 aliphatic rings. The van der Waals surface area contributed by atoms with E-state index in [1.165, 1.54) is 27.1 Å². The molecule has 0 fully saturated rings. The second-order valence-corrected chi connectivity index (χ2v) is 10.2. The lowest BCUT2D eigenvalue weighted by atomic mass is 10.0. The van der Waals surface area contributed by atoms with Gasteiger partial charge in [-0.3, -0.25) is 9.98 Å². The van der Waals surface area contributed by atoms with E-state index >= 15 is 0 Å². The van der Waals surface area contributed by atoms with Gasteiger partial charge in [0.05, 0.1) is 22.4 Å². The molecule has 0 aliphatic heterocycles. The lowest BCUT2D eigenvalue weighted by Gasteiger charge is -2.12. The van der Waals surface area contributed by atoms with Crippen LogP contribution in [-0.2, 0) is 6.67 Å². The number of benzene rings is 6. The van der Waals surface area contributed by atoms with Gasteiger partial charge in [-0.25, -0.2) is 0 Å². The van der Waals surface area contributed by atoms with E-state index in [2.05, 4.69) is 95.1 Å². The van der Waals surface area contributed by atoms with Crippen LogP contribution >= 0.6 is 0 Å². The summed E-state index contributed by atoms with van der Waals surface area (Å²) in [5.74, 6) is 0. The number of aromatic nitrogens is 1. The quantitative estimate of drug-likeness (QED) is 0.205. The fourth-order valence-electron chi connectivity index (χ4n) is 6.20. The number of furan rings is 1. The summed E-state index contributed by atoms with van der Waals surface area (Å²) in [6, 6.07) is 44.0. The SMILES string of the molecule is C=Nc1ccccc1/C(=N\Cn1c2ccc3oc4ccccc4c3c2c2ccc3ccccc3c21)c1ccccc1. The number of para-hydroxylation sites is 2. The third-order valence-corrected chi connectivity index (χ3v) is 8.00. The molecule has 0 radical (unpaired) electrons. The van der Waals surface area contributed by atoms with E-state index in [0.717, 1.165) is 50.0 Å². The van der Waals surface area contributed by atoms with Gasteiger partial charge in [0, 0.05) is 38.1 Å². The van der Waals surface area contributed by atoms with Crippen molar-refractivity contribution in [3.05, 3.63) is 139 Å². The molecule has 0 amide bonds. The second-order valence-electron chi connectivity index (χ2n) is 10.2. The lowest BCUT2D eigenvalue weighted by Crippen LogP contribution is -2.07. The van der Waals surface area contributed by atoms with Gasteiger partial charge in [0.15, 0.2) is 0 Å². The fourth-order valence-corrected chi connectivity index (χ4v) is 6.20. The Balaban J connectivity index is 1.46. The Morgan fingerprint density at radius 3 is 2.27 bits per heavy atom. The van der Waals surface area contributed by atoms with Crippen molar-refractivity contribution in [1.29, 1.82) is 0 Å². The molecule has 8 aromatic rings. The first-order chi connectivity index (χ1) is 20.3. The normalized spacial score (nSPS) is 12.2. The Morgan fingerprint density at radius 2 is 1.39 bits per heavy atom. The molecule has 4 heteroatoms. The van der Waals surface area contributed by atoms with Crippen molar-refractivity contribution in [3.8, 4) is 0 Å². The average molecular weight is 528 g/mol. The van der Waals surface area contributed by atoms with Gasteiger partial charge in [0.25, 0.3) is 0 Å². The molecule has 6 aromatic carbocycles. The zero-order valence-corrected chi connectivity index (χ0v) is 22.3. The van der Waals surface area contributed by atoms with Gasteiger partial charge >= 0.3 is 0 Å². The van der Waals surface area contributed by atoms with Gasteiger partial charge in [-0.05, 0) is 36.4 Å². The average Bonchev–Trinajstić information content (AvgIpc) is 3.57. The molecule has 2 heterocycles. The number of hydrogen-bond donors (Lipinski definition) is 0. The van der Waals surface area contributed by atoms with E-state index in [0.29, 0.717) is 6.67 Å². The summed E-state index contributed by atoms with van der Waals surface area (Å²) < 4.78 is 8.64. The predicted octanol–water partition coefficient (Wildman–Crippen LogP) is 9.67. The molecular formula is C37H25N3O. The van der Waals surface area contributed by atoms with Crippen LogP contribution in [0.5, 0.6) is 0 Å². The molecule has 8 rings (SSSR count). The number of hydrogen-bond acceptors (Lipinski definition) is 3. The van der Waals surface area contributed by atoms with E-state index in [1.54, 1.807) is 0 Å². The van der Waals surface area contributed by atoms with Crippen LogP contribution in [0.15, 0.2) is 142 Å². The Morgan fingerprint density at radius 1 is 0.634 bits per heavy atom. The number of fused-ring (bicyclic) bond motifs is 9. The molecule has 194 valence electrons. The predicted molar refractivity (Wildman–Crippen MR) is 172 cm³/mol. The summed E-state index contributed by atoms with van der Waals surface area (Å²) in [7, 11) is 0. The van der Waals surface area contributed by atoms with Crippen LogP contribution in [0.4, 0.5) is 5.69 Å². The van der Waals surface area contributed by atoms with Crippen molar-refractivity contribution in [2.24, 2.45) is 9.98 Å². The third kappa shape index (κ3) is 3.61. The summed E-state index contributed by atoms with van der Waals surface area (Å²) in [4.78, 5) is 9.63. The standard InChI is InChI=1S/C37H25N3O/c1-38-30-17-9-7-15-27(30)36(25-12-3-2-4-13-25)39-23-40-31-21-22-33-35(28-16-8-10-18-32(28)41-33)34(31)29-20-19-24-11-5-6-14-26(24)37(29)40/h2-22H,1,23H2/b39-36-. The number of aliphatic imine (C=N–C) groups is 2. The van der Waals surface area contributed by atoms with Crippen molar-refractivity contribution in [1.82, 2.24) is 4.57 Å². The lowest BCUT2D eigenvalue weighted by molar-refractivity contribution is 0.669. The van der Waals surface area contributed by atoms with Gasteiger partial charge in [-0.1, -0.05) is 103 Å². The maximum absolute atomic E-state index is 6.29. The number of nitrogens with zero attached hydrogens (tertiary/aromatic N) is 3. The van der Waals surface area contributed by atoms with Crippen LogP contribution in [-0.4, -0.2) is 17.0 Å². The van der Waals surface area contributed by atoms with Gasteiger partial charge in [-0.15, -0.1) is 0 Å². The molecule has 0 saturated carbocycles. The van der Waals surface area contributed by atoms with Crippen LogP contribution in [0.1, 0.15) is 11.1 Å². The van der Waals surface area contributed by atoms with Crippen molar-refractivity contribution in [3.63, 3.8) is 0 Å². The van der Waals surface area contributed by atoms with Crippen LogP contribution in [0.3, 0.4) is 0 Å². The van der Waals surface area contributed by atoms with Crippen LogP contribution in [0, 0.1) is 0 Å². The molecule has 0 saturated heterocycles. The third-order valence-electron chi connectivity index (χ3n) is 8.00. The summed E-state index contributed by atoms with van der Waals surface area (Å²) in [5.41, 5.74) is 7.79. The Hall–Kier alpha value is -5.48. The van der Waals surface area contributed by atoms with Crippen LogP contribution in [0.2, 0.25) is 0 Å². The minimum atomic E-state index is 0.436. The molecular weight excluding hydrogens is 502 g/mol. The molecule has 0 spiro atoms. The molecule has 4 nitrogen and oxygen atoms in total. The first-order valence-electron chi connectivity index (χ1n) is 13.7. The first-order valence-corrected chi connectivity index (χ1v) is 13.7. The topological polar surface area (TPSA) is 42.8 Å². The highest BCUT2D eigenvalue weighted by molar-refractivity contribution is 6.29. The van der Waals surface area contributed by atoms with E-state index in [9.17, 15) is 0 Å². The van der Waals surface area contributed by atoms with Crippen molar-refractivity contribution >= 4 is 72.6 Å². The highest BCUT2D eigenvalue weighted by atomic mass is 16.3. The van der Waals surface area contributed by atoms with Crippen molar-refractivity contribution in [2.45, 2.75) is 6.67 Å². The maximum Gasteiger partial charge on any atom is 0.136 e. The van der Waals surface area contributed by atoms with Crippen molar-refractivity contribution in [2.75, 3.05) is 0 Å². The van der Waals surface area contributed by atoms with Gasteiger partial charge in [-0.2, -0.15) is 0 Å². The summed E-state index contributed by atoms with van der Waals surface area (Å²) in [6.45, 7) is 4.26. The number of rotatable bonds is 5. The Bertz CT molecular complexity index is 2300. The largest absolute Gasteiger partial charge is 0.456 e. The summed E-state index contributed by atoms with van der Waals surface area (Å²) >= 11 is 0. The van der Waals surface area contributed by atoms with E-state index in [4.69, 9.17) is 9.41 Å². The highest BCUT2D eigenvalue weighted by Crippen LogP contribution is 2.42. The van der Waals surface area contributed by atoms with E-state index in [-0.39, 0.29) is 0 Å². The van der Waals surface area contributed by atoms with Gasteiger partial charge < -0.3 is 8.98 Å². The molecule has 2 aromatic heterocycles. The molecule has 0 unspecified atom stereocenters. The smallest absolute Gasteiger partial charge is 0.136 e. The molecule has 0 aliphatic carbocycles. The van der Waals surface area contributed by atoms with E-state index < -0.39 is 0 Å². The van der Waals surface area contributed by atoms with E-state index in [1.807, 2.05) is 48.5 Å². The Labute approximate surface area is 236 Å². The second kappa shape index (κ2) is 9.32. The minimum Gasteiger partial charge on any atom is -0.456 e. The molecule has 0 atom stereocenters. The zero-order valence-electron chi connectivity index (χ0n) is 22.3. The highest BCUT2D eigenvalue weighted by Gasteiger charge is 2.19. The molecule has 41 heavy (non-hydrogen) atoms. The molecule has 0 bridgehead atoms. The molecule has 0 N–H and O–H groups in total. The van der Waals surface area contributed by atoms with Crippen LogP contribution < -0.4 is 0 Å².